The summed E-state index contributed by atoms with van der Waals surface area (Å²) in [6.45, 7) is 2.15. The molecule has 2 nitrogen and oxygen atoms in total. The molecule has 0 spiro atoms. The van der Waals surface area contributed by atoms with Gasteiger partial charge in [0.25, 0.3) is 0 Å². The maximum atomic E-state index is 9.38. The van der Waals surface area contributed by atoms with Crippen molar-refractivity contribution in [2.24, 2.45) is 0 Å². The van der Waals surface area contributed by atoms with Gasteiger partial charge in [0.05, 0.1) is 0 Å². The van der Waals surface area contributed by atoms with E-state index in [1.807, 2.05) is 30.1 Å². The van der Waals surface area contributed by atoms with E-state index in [1.54, 1.807) is 6.07 Å². The number of H-pyrrole nitrogens is 1. The molecule has 1 aromatic heterocycles. The van der Waals surface area contributed by atoms with Crippen LogP contribution < -0.4 is 0 Å². The summed E-state index contributed by atoms with van der Waals surface area (Å²) in [4.78, 5) is 3.20. The fourth-order valence-corrected chi connectivity index (χ4v) is 2.16. The summed E-state index contributed by atoms with van der Waals surface area (Å²) in [7, 11) is 0. The Morgan fingerprint density at radius 1 is 1.43 bits per heavy atom. The van der Waals surface area contributed by atoms with Crippen LogP contribution in [0.25, 0.3) is 10.9 Å². The SMILES string of the molecule is CCSCc1c[nH]c2ccc(O)cc12. The van der Waals surface area contributed by atoms with Gasteiger partial charge in [-0.25, -0.2) is 0 Å². The van der Waals surface area contributed by atoms with Crippen LogP contribution in [-0.4, -0.2) is 15.8 Å². The van der Waals surface area contributed by atoms with E-state index in [0.717, 1.165) is 22.4 Å². The third-order valence-electron chi connectivity index (χ3n) is 2.21. The lowest BCUT2D eigenvalue weighted by atomic mass is 10.2. The highest BCUT2D eigenvalue weighted by Crippen LogP contribution is 2.25. The number of aromatic amines is 1. The fraction of sp³-hybridized carbons (Fsp3) is 0.273. The molecule has 1 heterocycles. The van der Waals surface area contributed by atoms with E-state index >= 15 is 0 Å². The zero-order valence-electron chi connectivity index (χ0n) is 8.08. The Balaban J connectivity index is 2.40. The first-order valence-corrected chi connectivity index (χ1v) is 5.83. The number of hydrogen-bond acceptors (Lipinski definition) is 2. The van der Waals surface area contributed by atoms with Gasteiger partial charge in [0, 0.05) is 22.9 Å². The number of phenols is 1. The normalized spacial score (nSPS) is 10.9. The molecule has 1 aromatic carbocycles. The summed E-state index contributed by atoms with van der Waals surface area (Å²) >= 11 is 1.88. The molecule has 0 amide bonds. The average Bonchev–Trinajstić information content (AvgIpc) is 2.57. The average molecular weight is 207 g/mol. The highest BCUT2D eigenvalue weighted by atomic mass is 32.2. The standard InChI is InChI=1S/C11H13NOS/c1-2-14-7-8-6-12-11-4-3-9(13)5-10(8)11/h3-6,12-13H,2,7H2,1H3. The van der Waals surface area contributed by atoms with Crippen molar-refractivity contribution in [3.05, 3.63) is 30.0 Å². The van der Waals surface area contributed by atoms with Crippen molar-refractivity contribution >= 4 is 22.7 Å². The minimum Gasteiger partial charge on any atom is -0.508 e. The minimum absolute atomic E-state index is 0.333. The minimum atomic E-state index is 0.333. The first-order chi connectivity index (χ1) is 6.81. The maximum Gasteiger partial charge on any atom is 0.116 e. The fourth-order valence-electron chi connectivity index (χ4n) is 1.50. The van der Waals surface area contributed by atoms with Crippen LogP contribution in [0.1, 0.15) is 12.5 Å². The molecule has 0 aliphatic rings. The van der Waals surface area contributed by atoms with Crippen LogP contribution in [-0.2, 0) is 5.75 Å². The van der Waals surface area contributed by atoms with Crippen molar-refractivity contribution in [2.75, 3.05) is 5.75 Å². The highest BCUT2D eigenvalue weighted by Gasteiger charge is 2.03. The van der Waals surface area contributed by atoms with E-state index in [1.165, 1.54) is 5.56 Å². The third-order valence-corrected chi connectivity index (χ3v) is 3.14. The Hall–Kier alpha value is -1.09. The first kappa shape index (κ1) is 9.46. The van der Waals surface area contributed by atoms with Crippen molar-refractivity contribution in [1.82, 2.24) is 4.98 Å². The molecule has 2 rings (SSSR count). The number of aromatic hydroxyl groups is 1. The zero-order chi connectivity index (χ0) is 9.97. The van der Waals surface area contributed by atoms with Gasteiger partial charge in [0.2, 0.25) is 0 Å². The monoisotopic (exact) mass is 207 g/mol. The lowest BCUT2D eigenvalue weighted by Gasteiger charge is -1.97. The second-order valence-corrected chi connectivity index (χ2v) is 4.46. The second kappa shape index (κ2) is 3.96. The summed E-state index contributed by atoms with van der Waals surface area (Å²) in [5, 5.41) is 10.5. The summed E-state index contributed by atoms with van der Waals surface area (Å²) in [5.41, 5.74) is 2.36. The molecule has 0 saturated carbocycles. The van der Waals surface area contributed by atoms with E-state index in [0.29, 0.717) is 5.75 Å². The van der Waals surface area contributed by atoms with Gasteiger partial charge in [-0.1, -0.05) is 6.92 Å². The van der Waals surface area contributed by atoms with Gasteiger partial charge >= 0.3 is 0 Å². The predicted octanol–water partition coefficient (Wildman–Crippen LogP) is 3.13. The summed E-state index contributed by atoms with van der Waals surface area (Å²) in [5.74, 6) is 2.45. The number of benzene rings is 1. The summed E-state index contributed by atoms with van der Waals surface area (Å²) in [6.07, 6.45) is 2.02. The number of hydrogen-bond donors (Lipinski definition) is 2. The van der Waals surface area contributed by atoms with E-state index in [4.69, 9.17) is 0 Å². The van der Waals surface area contributed by atoms with E-state index < -0.39 is 0 Å². The highest BCUT2D eigenvalue weighted by molar-refractivity contribution is 7.98. The van der Waals surface area contributed by atoms with E-state index in [9.17, 15) is 5.11 Å². The molecule has 0 saturated heterocycles. The number of nitrogens with one attached hydrogen (secondary N) is 1. The lowest BCUT2D eigenvalue weighted by molar-refractivity contribution is 0.476. The zero-order valence-corrected chi connectivity index (χ0v) is 8.90. The van der Waals surface area contributed by atoms with Gasteiger partial charge in [-0.15, -0.1) is 0 Å². The molecule has 0 radical (unpaired) electrons. The Morgan fingerprint density at radius 2 is 2.29 bits per heavy atom. The van der Waals surface area contributed by atoms with Gasteiger partial charge in [-0.05, 0) is 29.5 Å². The molecular formula is C11H13NOS. The largest absolute Gasteiger partial charge is 0.508 e. The molecule has 0 atom stereocenters. The van der Waals surface area contributed by atoms with Crippen LogP contribution in [0, 0.1) is 0 Å². The van der Waals surface area contributed by atoms with Crippen LogP contribution in [0.4, 0.5) is 0 Å². The van der Waals surface area contributed by atoms with Crippen LogP contribution in [0.3, 0.4) is 0 Å². The summed E-state index contributed by atoms with van der Waals surface area (Å²) in [6, 6.07) is 5.43. The molecule has 3 heteroatoms. The Labute approximate surface area is 87.3 Å². The molecule has 0 unspecified atom stereocenters. The van der Waals surface area contributed by atoms with Crippen molar-refractivity contribution in [2.45, 2.75) is 12.7 Å². The van der Waals surface area contributed by atoms with E-state index in [-0.39, 0.29) is 0 Å². The second-order valence-electron chi connectivity index (χ2n) is 3.18. The van der Waals surface area contributed by atoms with Gasteiger partial charge in [-0.3, -0.25) is 0 Å². The van der Waals surface area contributed by atoms with E-state index in [2.05, 4.69) is 11.9 Å². The van der Waals surface area contributed by atoms with Crippen molar-refractivity contribution < 1.29 is 5.11 Å². The molecule has 74 valence electrons. The molecule has 2 N–H and O–H groups in total. The molecule has 14 heavy (non-hydrogen) atoms. The first-order valence-electron chi connectivity index (χ1n) is 4.68. The number of thioether (sulfide) groups is 1. The van der Waals surface area contributed by atoms with Gasteiger partial charge in [-0.2, -0.15) is 11.8 Å². The maximum absolute atomic E-state index is 9.38. The van der Waals surface area contributed by atoms with Crippen LogP contribution in [0.5, 0.6) is 5.75 Å². The van der Waals surface area contributed by atoms with Gasteiger partial charge in [0.15, 0.2) is 0 Å². The van der Waals surface area contributed by atoms with Gasteiger partial charge < -0.3 is 10.1 Å². The molecule has 0 aliphatic carbocycles. The number of rotatable bonds is 3. The van der Waals surface area contributed by atoms with Crippen LogP contribution in [0.15, 0.2) is 24.4 Å². The quantitative estimate of drug-likeness (QED) is 0.811. The van der Waals surface area contributed by atoms with Crippen molar-refractivity contribution in [3.8, 4) is 5.75 Å². The number of phenolic OH excluding ortho intramolecular Hbond substituents is 1. The number of aromatic nitrogens is 1. The molecule has 0 bridgehead atoms. The molecule has 0 aliphatic heterocycles. The summed E-state index contributed by atoms with van der Waals surface area (Å²) < 4.78 is 0. The van der Waals surface area contributed by atoms with Gasteiger partial charge in [0.1, 0.15) is 5.75 Å². The lowest BCUT2D eigenvalue weighted by Crippen LogP contribution is -1.77. The topological polar surface area (TPSA) is 36.0 Å². The molecule has 0 fully saturated rings. The third kappa shape index (κ3) is 1.73. The predicted molar refractivity (Wildman–Crippen MR) is 61.8 cm³/mol. The molecule has 2 aromatic rings. The van der Waals surface area contributed by atoms with Crippen LogP contribution in [0.2, 0.25) is 0 Å². The smallest absolute Gasteiger partial charge is 0.116 e. The Bertz CT molecular complexity index is 436. The number of fused-ring (bicyclic) bond motifs is 1. The Morgan fingerprint density at radius 3 is 3.07 bits per heavy atom. The Kier molecular flexibility index (Phi) is 2.68. The van der Waals surface area contributed by atoms with Crippen LogP contribution >= 0.6 is 11.8 Å². The van der Waals surface area contributed by atoms with Crippen molar-refractivity contribution in [3.63, 3.8) is 0 Å². The van der Waals surface area contributed by atoms with Crippen molar-refractivity contribution in [1.29, 1.82) is 0 Å². The molecular weight excluding hydrogens is 194 g/mol.